The van der Waals surface area contributed by atoms with Crippen LogP contribution in [-0.2, 0) is 9.53 Å². The molecule has 1 atom stereocenters. The van der Waals surface area contributed by atoms with Gasteiger partial charge in [0.05, 0.1) is 14.2 Å². The fraction of sp³-hybridized carbons (Fsp3) is 0.533. The van der Waals surface area contributed by atoms with E-state index >= 15 is 0 Å². The van der Waals surface area contributed by atoms with Gasteiger partial charge in [-0.1, -0.05) is 6.07 Å². The number of halogens is 1. The van der Waals surface area contributed by atoms with E-state index in [1.54, 1.807) is 6.07 Å². The van der Waals surface area contributed by atoms with E-state index in [2.05, 4.69) is 5.32 Å². The minimum atomic E-state index is -0.588. The van der Waals surface area contributed by atoms with Crippen LogP contribution in [0.1, 0.15) is 18.0 Å². The van der Waals surface area contributed by atoms with Crippen LogP contribution in [-0.4, -0.2) is 51.3 Å². The number of nitrogens with one attached hydrogen (secondary N) is 1. The van der Waals surface area contributed by atoms with E-state index < -0.39 is 11.9 Å². The van der Waals surface area contributed by atoms with Gasteiger partial charge in [0, 0.05) is 19.6 Å². The number of ether oxygens (including phenoxy) is 2. The first-order chi connectivity index (χ1) is 10.2. The van der Waals surface area contributed by atoms with Gasteiger partial charge in [0.25, 0.3) is 0 Å². The zero-order chi connectivity index (χ0) is 15.2. The molecule has 0 spiro atoms. The van der Waals surface area contributed by atoms with Crippen LogP contribution in [0, 0.1) is 5.82 Å². The van der Waals surface area contributed by atoms with Crippen LogP contribution in [0.15, 0.2) is 18.2 Å². The molecule has 1 unspecified atom stereocenters. The monoisotopic (exact) mass is 296 g/mol. The molecule has 116 valence electrons. The highest BCUT2D eigenvalue weighted by Gasteiger charge is 2.29. The third kappa shape index (κ3) is 3.71. The minimum absolute atomic E-state index is 0.167. The predicted molar refractivity (Wildman–Crippen MR) is 76.8 cm³/mol. The molecule has 1 heterocycles. The molecule has 0 saturated carbocycles. The van der Waals surface area contributed by atoms with Crippen molar-refractivity contribution in [2.75, 3.05) is 40.4 Å². The molecule has 1 aliphatic heterocycles. The number of carbonyl (C=O) groups is 1. The van der Waals surface area contributed by atoms with E-state index in [1.807, 2.05) is 4.90 Å². The van der Waals surface area contributed by atoms with Crippen molar-refractivity contribution < 1.29 is 18.7 Å². The molecule has 0 aliphatic carbocycles. The molecule has 0 radical (unpaired) electrons. The Hall–Kier alpha value is -1.66. The number of methoxy groups -OCH3 is 2. The van der Waals surface area contributed by atoms with Crippen molar-refractivity contribution in [2.45, 2.75) is 12.5 Å². The molecule has 1 fully saturated rings. The molecule has 1 aliphatic rings. The van der Waals surface area contributed by atoms with E-state index in [0.717, 1.165) is 26.1 Å². The van der Waals surface area contributed by atoms with E-state index in [4.69, 9.17) is 9.47 Å². The third-order valence-electron chi connectivity index (χ3n) is 3.66. The molecule has 0 aromatic heterocycles. The summed E-state index contributed by atoms with van der Waals surface area (Å²) in [6, 6.07) is 4.01. The lowest BCUT2D eigenvalue weighted by Gasteiger charge is -2.28. The molecule has 21 heavy (non-hydrogen) atoms. The van der Waals surface area contributed by atoms with Crippen molar-refractivity contribution in [3.63, 3.8) is 0 Å². The van der Waals surface area contributed by atoms with Gasteiger partial charge in [-0.25, -0.2) is 9.18 Å². The molecule has 0 bridgehead atoms. The maximum atomic E-state index is 13.9. The largest absolute Gasteiger partial charge is 0.494 e. The lowest BCUT2D eigenvalue weighted by molar-refractivity contribution is -0.147. The molecular weight excluding hydrogens is 275 g/mol. The van der Waals surface area contributed by atoms with E-state index in [9.17, 15) is 9.18 Å². The third-order valence-corrected chi connectivity index (χ3v) is 3.66. The second kappa shape index (κ2) is 7.38. The Morgan fingerprint density at radius 3 is 2.81 bits per heavy atom. The first kappa shape index (κ1) is 15.7. The molecule has 1 N–H and O–H groups in total. The number of hydrogen-bond acceptors (Lipinski definition) is 5. The fourth-order valence-corrected chi connectivity index (χ4v) is 2.59. The SMILES string of the molecule is COC(=O)C(c1ccc(OC)c(F)c1)N1CCCNCC1. The summed E-state index contributed by atoms with van der Waals surface area (Å²) in [5, 5.41) is 3.28. The van der Waals surface area contributed by atoms with Crippen LogP contribution in [0.3, 0.4) is 0 Å². The maximum absolute atomic E-state index is 13.9. The van der Waals surface area contributed by atoms with Gasteiger partial charge in [0.15, 0.2) is 11.6 Å². The second-order valence-electron chi connectivity index (χ2n) is 4.96. The first-order valence-corrected chi connectivity index (χ1v) is 7.03. The second-order valence-corrected chi connectivity index (χ2v) is 4.96. The van der Waals surface area contributed by atoms with E-state index in [0.29, 0.717) is 12.1 Å². The summed E-state index contributed by atoms with van der Waals surface area (Å²) in [7, 11) is 2.77. The summed E-state index contributed by atoms with van der Waals surface area (Å²) in [5.74, 6) is -0.682. The molecule has 6 heteroatoms. The number of nitrogens with zero attached hydrogens (tertiary/aromatic N) is 1. The molecule has 0 amide bonds. The summed E-state index contributed by atoms with van der Waals surface area (Å²) in [6.45, 7) is 3.20. The maximum Gasteiger partial charge on any atom is 0.327 e. The van der Waals surface area contributed by atoms with Crippen LogP contribution < -0.4 is 10.1 Å². The highest BCUT2D eigenvalue weighted by molar-refractivity contribution is 5.77. The van der Waals surface area contributed by atoms with Crippen LogP contribution in [0.25, 0.3) is 0 Å². The zero-order valence-corrected chi connectivity index (χ0v) is 12.4. The van der Waals surface area contributed by atoms with Gasteiger partial charge in [-0.15, -0.1) is 0 Å². The van der Waals surface area contributed by atoms with Crippen molar-refractivity contribution in [3.8, 4) is 5.75 Å². The van der Waals surface area contributed by atoms with Crippen LogP contribution >= 0.6 is 0 Å². The van der Waals surface area contributed by atoms with Crippen LogP contribution in [0.2, 0.25) is 0 Å². The average molecular weight is 296 g/mol. The summed E-state index contributed by atoms with van der Waals surface area (Å²) in [4.78, 5) is 14.2. The van der Waals surface area contributed by atoms with Crippen molar-refractivity contribution in [1.82, 2.24) is 10.2 Å². The molecule has 1 aromatic rings. The van der Waals surface area contributed by atoms with Gasteiger partial charge in [-0.05, 0) is 30.7 Å². The Morgan fingerprint density at radius 2 is 2.14 bits per heavy atom. The Morgan fingerprint density at radius 1 is 1.33 bits per heavy atom. The fourth-order valence-electron chi connectivity index (χ4n) is 2.59. The van der Waals surface area contributed by atoms with Crippen molar-refractivity contribution in [2.24, 2.45) is 0 Å². The lowest BCUT2D eigenvalue weighted by Crippen LogP contribution is -2.37. The van der Waals surface area contributed by atoms with Gasteiger partial charge in [-0.2, -0.15) is 0 Å². The van der Waals surface area contributed by atoms with Crippen LogP contribution in [0.4, 0.5) is 4.39 Å². The summed E-state index contributed by atoms with van der Waals surface area (Å²) < 4.78 is 23.7. The Kier molecular flexibility index (Phi) is 5.52. The lowest BCUT2D eigenvalue weighted by atomic mass is 10.0. The smallest absolute Gasteiger partial charge is 0.327 e. The predicted octanol–water partition coefficient (Wildman–Crippen LogP) is 1.34. The number of carbonyl (C=O) groups excluding carboxylic acids is 1. The average Bonchev–Trinajstić information content (AvgIpc) is 2.76. The summed E-state index contributed by atoms with van der Waals surface area (Å²) >= 11 is 0. The molecule has 1 saturated heterocycles. The van der Waals surface area contributed by atoms with E-state index in [-0.39, 0.29) is 11.7 Å². The number of rotatable bonds is 4. The quantitative estimate of drug-likeness (QED) is 0.850. The van der Waals surface area contributed by atoms with Crippen molar-refractivity contribution in [1.29, 1.82) is 0 Å². The normalized spacial score (nSPS) is 17.9. The minimum Gasteiger partial charge on any atom is -0.494 e. The molecule has 5 nitrogen and oxygen atoms in total. The zero-order valence-electron chi connectivity index (χ0n) is 12.4. The highest BCUT2D eigenvalue weighted by atomic mass is 19.1. The Bertz CT molecular complexity index is 488. The Labute approximate surface area is 124 Å². The first-order valence-electron chi connectivity index (χ1n) is 7.03. The summed E-state index contributed by atoms with van der Waals surface area (Å²) in [6.07, 6.45) is 0.937. The number of esters is 1. The highest BCUT2D eigenvalue weighted by Crippen LogP contribution is 2.27. The van der Waals surface area contributed by atoms with Crippen molar-refractivity contribution in [3.05, 3.63) is 29.6 Å². The molecule has 1 aromatic carbocycles. The standard InChI is InChI=1S/C15H21FN2O3/c1-20-13-5-4-11(10-12(13)16)14(15(19)21-2)18-8-3-6-17-7-9-18/h4-5,10,14,17H,3,6-9H2,1-2H3. The van der Waals surface area contributed by atoms with Crippen LogP contribution in [0.5, 0.6) is 5.75 Å². The van der Waals surface area contributed by atoms with Gasteiger partial charge < -0.3 is 14.8 Å². The van der Waals surface area contributed by atoms with Gasteiger partial charge in [0.1, 0.15) is 6.04 Å². The van der Waals surface area contributed by atoms with Gasteiger partial charge >= 0.3 is 5.97 Å². The van der Waals surface area contributed by atoms with E-state index in [1.165, 1.54) is 26.4 Å². The topological polar surface area (TPSA) is 50.8 Å². The van der Waals surface area contributed by atoms with Gasteiger partial charge in [0.2, 0.25) is 0 Å². The summed E-state index contributed by atoms with van der Waals surface area (Å²) in [5.41, 5.74) is 0.585. The number of benzene rings is 1. The molecular formula is C15H21FN2O3. The Balaban J connectivity index is 2.30. The molecule has 2 rings (SSSR count). The number of hydrogen-bond donors (Lipinski definition) is 1. The van der Waals surface area contributed by atoms with Crippen molar-refractivity contribution >= 4 is 5.97 Å². The van der Waals surface area contributed by atoms with Gasteiger partial charge in [-0.3, -0.25) is 4.90 Å².